The highest BCUT2D eigenvalue weighted by Gasteiger charge is 2.17. The molecule has 31 heavy (non-hydrogen) atoms. The fourth-order valence-electron chi connectivity index (χ4n) is 3.05. The number of carboxylic acid groups (broad SMARTS) is 1. The van der Waals surface area contributed by atoms with E-state index in [-0.39, 0.29) is 29.6 Å². The van der Waals surface area contributed by atoms with Gasteiger partial charge in [0.05, 0.1) is 23.8 Å². The van der Waals surface area contributed by atoms with Gasteiger partial charge in [-0.2, -0.15) is 0 Å². The number of carboxylic acids is 1. The molecule has 0 aromatic heterocycles. The highest BCUT2D eigenvalue weighted by molar-refractivity contribution is 6.31. The van der Waals surface area contributed by atoms with Crippen LogP contribution in [-0.2, 0) is 6.42 Å². The molecule has 0 aliphatic rings. The van der Waals surface area contributed by atoms with E-state index < -0.39 is 11.9 Å². The summed E-state index contributed by atoms with van der Waals surface area (Å²) in [6.45, 7) is 1.98. The summed E-state index contributed by atoms with van der Waals surface area (Å²) < 4.78 is 19.5. The Morgan fingerprint density at radius 3 is 2.48 bits per heavy atom. The highest BCUT2D eigenvalue weighted by atomic mass is 35.5. The molecule has 1 atom stereocenters. The van der Waals surface area contributed by atoms with Crippen molar-refractivity contribution in [3.05, 3.63) is 99.8 Å². The van der Waals surface area contributed by atoms with Crippen LogP contribution in [0.1, 0.15) is 44.8 Å². The second-order valence-electron chi connectivity index (χ2n) is 6.95. The van der Waals surface area contributed by atoms with Gasteiger partial charge in [-0.15, -0.1) is 0 Å². The Labute approximate surface area is 184 Å². The van der Waals surface area contributed by atoms with Gasteiger partial charge in [-0.3, -0.25) is 4.79 Å². The summed E-state index contributed by atoms with van der Waals surface area (Å²) in [5.74, 6) is -1.37. The van der Waals surface area contributed by atoms with Crippen LogP contribution >= 0.6 is 11.6 Å². The summed E-state index contributed by atoms with van der Waals surface area (Å²) in [6.07, 6.45) is 0.350. The van der Waals surface area contributed by atoms with Crippen molar-refractivity contribution in [3.63, 3.8) is 0 Å². The van der Waals surface area contributed by atoms with Crippen molar-refractivity contribution in [2.24, 2.45) is 0 Å². The number of carbonyl (C=O) groups is 2. The molecule has 3 aromatic carbocycles. The third-order valence-corrected chi connectivity index (χ3v) is 5.01. The monoisotopic (exact) mass is 441 g/mol. The number of ether oxygens (including phenoxy) is 1. The molecule has 1 amide bonds. The van der Waals surface area contributed by atoms with Gasteiger partial charge in [-0.25, -0.2) is 9.18 Å². The first-order chi connectivity index (χ1) is 14.8. The predicted molar refractivity (Wildman–Crippen MR) is 116 cm³/mol. The van der Waals surface area contributed by atoms with Crippen molar-refractivity contribution in [2.75, 3.05) is 6.61 Å². The maximum atomic E-state index is 13.8. The predicted octanol–water partition coefficient (Wildman–Crippen LogP) is 5.29. The highest BCUT2D eigenvalue weighted by Crippen LogP contribution is 2.24. The molecule has 0 saturated heterocycles. The number of amides is 1. The molecule has 0 saturated carbocycles. The van der Waals surface area contributed by atoms with E-state index in [1.165, 1.54) is 24.3 Å². The maximum Gasteiger partial charge on any atom is 0.335 e. The van der Waals surface area contributed by atoms with E-state index in [2.05, 4.69) is 5.32 Å². The number of nitrogens with one attached hydrogen (secondary N) is 1. The van der Waals surface area contributed by atoms with Gasteiger partial charge in [0.2, 0.25) is 0 Å². The van der Waals surface area contributed by atoms with Crippen molar-refractivity contribution in [3.8, 4) is 5.75 Å². The van der Waals surface area contributed by atoms with Gasteiger partial charge < -0.3 is 15.2 Å². The van der Waals surface area contributed by atoms with Crippen molar-refractivity contribution >= 4 is 23.5 Å². The van der Waals surface area contributed by atoms with Gasteiger partial charge in [-0.05, 0) is 54.4 Å². The zero-order valence-corrected chi connectivity index (χ0v) is 17.5. The number of rotatable bonds is 8. The fraction of sp³-hybridized carbons (Fsp3) is 0.167. The molecule has 0 spiro atoms. The Morgan fingerprint density at radius 2 is 1.81 bits per heavy atom. The molecule has 7 heteroatoms. The number of hydrogen-bond acceptors (Lipinski definition) is 3. The van der Waals surface area contributed by atoms with Gasteiger partial charge in [0.25, 0.3) is 5.91 Å². The molecule has 3 rings (SSSR count). The Hall–Kier alpha value is -3.38. The Balaban J connectivity index is 1.69. The number of hydrogen-bond donors (Lipinski definition) is 2. The lowest BCUT2D eigenvalue weighted by atomic mass is 10.1. The van der Waals surface area contributed by atoms with Crippen molar-refractivity contribution < 1.29 is 23.8 Å². The topological polar surface area (TPSA) is 75.6 Å². The molecule has 0 radical (unpaired) electrons. The van der Waals surface area contributed by atoms with Gasteiger partial charge in [0.1, 0.15) is 11.6 Å². The number of aromatic carboxylic acids is 1. The first kappa shape index (κ1) is 22.3. The summed E-state index contributed by atoms with van der Waals surface area (Å²) in [4.78, 5) is 23.9. The summed E-state index contributed by atoms with van der Waals surface area (Å²) in [5.41, 5.74) is 1.71. The van der Waals surface area contributed by atoms with Crippen LogP contribution in [0.2, 0.25) is 5.02 Å². The molecule has 0 aliphatic carbocycles. The Morgan fingerprint density at radius 1 is 1.10 bits per heavy atom. The number of carbonyl (C=O) groups excluding carboxylic acids is 1. The fourth-order valence-corrected chi connectivity index (χ4v) is 3.22. The molecule has 0 aliphatic heterocycles. The second kappa shape index (κ2) is 10.1. The SMILES string of the molecule is C[C@H](NC(=O)c1cc(Cl)ccc1OCCc1ccccc1F)c1ccc(C(=O)O)cc1. The van der Waals surface area contributed by atoms with Crippen molar-refractivity contribution in [1.29, 1.82) is 0 Å². The average molecular weight is 442 g/mol. The van der Waals surface area contributed by atoms with Gasteiger partial charge >= 0.3 is 5.97 Å². The Kier molecular flexibility index (Phi) is 7.26. The first-order valence-electron chi connectivity index (χ1n) is 9.65. The normalized spacial score (nSPS) is 11.6. The van der Waals surface area contributed by atoms with Crippen LogP contribution < -0.4 is 10.1 Å². The minimum absolute atomic E-state index is 0.169. The van der Waals surface area contributed by atoms with Crippen molar-refractivity contribution in [2.45, 2.75) is 19.4 Å². The maximum absolute atomic E-state index is 13.8. The van der Waals surface area contributed by atoms with Crippen LogP contribution in [0.3, 0.4) is 0 Å². The average Bonchev–Trinajstić information content (AvgIpc) is 2.76. The summed E-state index contributed by atoms with van der Waals surface area (Å²) in [6, 6.07) is 17.1. The minimum atomic E-state index is -1.01. The molecule has 0 heterocycles. The van der Waals surface area contributed by atoms with E-state index >= 15 is 0 Å². The minimum Gasteiger partial charge on any atom is -0.492 e. The van der Waals surface area contributed by atoms with Crippen LogP contribution in [-0.4, -0.2) is 23.6 Å². The molecule has 0 bridgehead atoms. The van der Waals surface area contributed by atoms with Gasteiger partial charge in [0.15, 0.2) is 0 Å². The lowest BCUT2D eigenvalue weighted by molar-refractivity contribution is 0.0696. The molecule has 160 valence electrons. The first-order valence-corrected chi connectivity index (χ1v) is 10.0. The number of benzene rings is 3. The van der Waals surface area contributed by atoms with Gasteiger partial charge in [0, 0.05) is 11.4 Å². The lowest BCUT2D eigenvalue weighted by Crippen LogP contribution is -2.27. The zero-order chi connectivity index (χ0) is 22.4. The molecular weight excluding hydrogens is 421 g/mol. The largest absolute Gasteiger partial charge is 0.492 e. The summed E-state index contributed by atoms with van der Waals surface area (Å²) in [7, 11) is 0. The standard InChI is InChI=1S/C24H21ClFNO4/c1-15(16-6-8-18(9-7-16)24(29)30)27-23(28)20-14-19(25)10-11-22(20)31-13-12-17-4-2-3-5-21(17)26/h2-11,14-15H,12-13H2,1H3,(H,27,28)(H,29,30)/t15-/m0/s1. The van der Waals surface area contributed by atoms with E-state index in [9.17, 15) is 14.0 Å². The molecule has 3 aromatic rings. The van der Waals surface area contributed by atoms with Crippen LogP contribution in [0, 0.1) is 5.82 Å². The van der Waals surface area contributed by atoms with Crippen LogP contribution in [0.5, 0.6) is 5.75 Å². The van der Waals surface area contributed by atoms with E-state index in [4.69, 9.17) is 21.4 Å². The second-order valence-corrected chi connectivity index (χ2v) is 7.39. The molecule has 0 fully saturated rings. The number of halogens is 2. The third-order valence-electron chi connectivity index (χ3n) is 4.78. The van der Waals surface area contributed by atoms with E-state index in [0.29, 0.717) is 22.8 Å². The van der Waals surface area contributed by atoms with Crippen LogP contribution in [0.15, 0.2) is 66.7 Å². The Bertz CT molecular complexity index is 1090. The zero-order valence-electron chi connectivity index (χ0n) is 16.8. The lowest BCUT2D eigenvalue weighted by Gasteiger charge is -2.17. The quantitative estimate of drug-likeness (QED) is 0.498. The van der Waals surface area contributed by atoms with Gasteiger partial charge in [-0.1, -0.05) is 41.9 Å². The molecular formula is C24H21ClFNO4. The van der Waals surface area contributed by atoms with Crippen molar-refractivity contribution in [1.82, 2.24) is 5.32 Å². The summed E-state index contributed by atoms with van der Waals surface area (Å²) >= 11 is 6.07. The third kappa shape index (κ3) is 5.83. The summed E-state index contributed by atoms with van der Waals surface area (Å²) in [5, 5.41) is 12.2. The van der Waals surface area contributed by atoms with Crippen LogP contribution in [0.4, 0.5) is 4.39 Å². The smallest absolute Gasteiger partial charge is 0.335 e. The molecule has 2 N–H and O–H groups in total. The molecule has 5 nitrogen and oxygen atoms in total. The van der Waals surface area contributed by atoms with Crippen LogP contribution in [0.25, 0.3) is 0 Å². The molecule has 0 unspecified atom stereocenters. The van der Waals surface area contributed by atoms with E-state index in [1.54, 1.807) is 49.4 Å². The van der Waals surface area contributed by atoms with E-state index in [0.717, 1.165) is 5.56 Å². The van der Waals surface area contributed by atoms with E-state index in [1.807, 2.05) is 0 Å².